The molecule has 2 rings (SSSR count). The van der Waals surface area contributed by atoms with Crippen LogP contribution in [0.25, 0.3) is 0 Å². The van der Waals surface area contributed by atoms with Gasteiger partial charge in [-0.15, -0.1) is 0 Å². The summed E-state index contributed by atoms with van der Waals surface area (Å²) >= 11 is 0. The van der Waals surface area contributed by atoms with Gasteiger partial charge in [0.15, 0.2) is 0 Å². The number of halogens is 1. The Bertz CT molecular complexity index is 383. The van der Waals surface area contributed by atoms with E-state index in [-0.39, 0.29) is 18.0 Å². The van der Waals surface area contributed by atoms with Gasteiger partial charge < -0.3 is 15.4 Å². The number of hydrogen-bond donors (Lipinski definition) is 1. The Morgan fingerprint density at radius 1 is 1.44 bits per heavy atom. The molecule has 1 fully saturated rings. The Labute approximate surface area is 95.0 Å². The molecule has 2 unspecified atom stereocenters. The largest absolute Gasteiger partial charge is 0.397 e. The lowest BCUT2D eigenvalue weighted by molar-refractivity contribution is 0.0344. The summed E-state index contributed by atoms with van der Waals surface area (Å²) in [7, 11) is 0. The van der Waals surface area contributed by atoms with Gasteiger partial charge in [0.1, 0.15) is 5.82 Å². The molecular formula is C12H17FN2O. The summed E-state index contributed by atoms with van der Waals surface area (Å²) < 4.78 is 18.7. The molecule has 1 aliphatic rings. The van der Waals surface area contributed by atoms with Gasteiger partial charge in [-0.25, -0.2) is 4.39 Å². The average molecular weight is 224 g/mol. The van der Waals surface area contributed by atoms with E-state index < -0.39 is 0 Å². The van der Waals surface area contributed by atoms with Crippen molar-refractivity contribution in [3.8, 4) is 0 Å². The molecule has 16 heavy (non-hydrogen) atoms. The minimum Gasteiger partial charge on any atom is -0.397 e. The number of morpholine rings is 1. The molecule has 1 heterocycles. The number of ether oxygens (including phenoxy) is 1. The zero-order valence-corrected chi connectivity index (χ0v) is 9.61. The Morgan fingerprint density at radius 3 is 2.94 bits per heavy atom. The molecular weight excluding hydrogens is 207 g/mol. The summed E-state index contributed by atoms with van der Waals surface area (Å²) in [4.78, 5) is 2.10. The highest BCUT2D eigenvalue weighted by Gasteiger charge is 2.25. The van der Waals surface area contributed by atoms with Crippen LogP contribution in [0.15, 0.2) is 18.2 Å². The van der Waals surface area contributed by atoms with Crippen molar-refractivity contribution in [2.45, 2.75) is 26.0 Å². The van der Waals surface area contributed by atoms with Crippen molar-refractivity contribution in [1.29, 1.82) is 0 Å². The lowest BCUT2D eigenvalue weighted by Gasteiger charge is -2.39. The number of anilines is 2. The van der Waals surface area contributed by atoms with Crippen molar-refractivity contribution in [3.05, 3.63) is 24.0 Å². The highest BCUT2D eigenvalue weighted by atomic mass is 19.1. The van der Waals surface area contributed by atoms with Crippen LogP contribution in [-0.2, 0) is 4.74 Å². The Balaban J connectivity index is 2.30. The molecule has 1 aromatic rings. The van der Waals surface area contributed by atoms with Gasteiger partial charge in [0.25, 0.3) is 0 Å². The van der Waals surface area contributed by atoms with Gasteiger partial charge in [0.05, 0.1) is 24.1 Å². The van der Waals surface area contributed by atoms with Crippen molar-refractivity contribution in [1.82, 2.24) is 0 Å². The molecule has 4 heteroatoms. The normalized spacial score (nSPS) is 25.8. The number of nitrogens with two attached hydrogens (primary N) is 1. The van der Waals surface area contributed by atoms with Crippen LogP contribution in [0.5, 0.6) is 0 Å². The second-order valence-corrected chi connectivity index (χ2v) is 4.35. The zero-order chi connectivity index (χ0) is 11.7. The second kappa shape index (κ2) is 4.29. The zero-order valence-electron chi connectivity index (χ0n) is 9.61. The first-order chi connectivity index (χ1) is 7.58. The first-order valence-electron chi connectivity index (χ1n) is 5.51. The number of hydrogen-bond acceptors (Lipinski definition) is 3. The number of rotatable bonds is 1. The molecule has 1 aliphatic heterocycles. The Morgan fingerprint density at radius 2 is 2.19 bits per heavy atom. The molecule has 2 N–H and O–H groups in total. The standard InChI is InChI=1S/C12H17FN2O/c1-8-7-16-9(2)6-15(8)12-5-10(13)3-4-11(12)14/h3-5,8-9H,6-7,14H2,1-2H3. The third-order valence-corrected chi connectivity index (χ3v) is 2.91. The molecule has 88 valence electrons. The van der Waals surface area contributed by atoms with Gasteiger partial charge in [-0.05, 0) is 32.0 Å². The maximum atomic E-state index is 13.2. The van der Waals surface area contributed by atoms with Gasteiger partial charge in [0, 0.05) is 12.6 Å². The fraction of sp³-hybridized carbons (Fsp3) is 0.500. The van der Waals surface area contributed by atoms with Gasteiger partial charge >= 0.3 is 0 Å². The predicted molar refractivity (Wildman–Crippen MR) is 63.0 cm³/mol. The SMILES string of the molecule is CC1CN(c2cc(F)ccc2N)C(C)CO1. The van der Waals surface area contributed by atoms with Crippen molar-refractivity contribution in [2.24, 2.45) is 0 Å². The summed E-state index contributed by atoms with van der Waals surface area (Å²) in [5, 5.41) is 0. The third-order valence-electron chi connectivity index (χ3n) is 2.91. The fourth-order valence-corrected chi connectivity index (χ4v) is 2.00. The monoisotopic (exact) mass is 224 g/mol. The first-order valence-corrected chi connectivity index (χ1v) is 5.51. The van der Waals surface area contributed by atoms with Gasteiger partial charge in [-0.3, -0.25) is 0 Å². The van der Waals surface area contributed by atoms with Crippen LogP contribution >= 0.6 is 0 Å². The van der Waals surface area contributed by atoms with Gasteiger partial charge in [-0.2, -0.15) is 0 Å². The third kappa shape index (κ3) is 2.11. The summed E-state index contributed by atoms with van der Waals surface area (Å²) in [6.45, 7) is 5.45. The molecule has 1 aromatic carbocycles. The van der Waals surface area contributed by atoms with Crippen LogP contribution in [0, 0.1) is 5.82 Å². The van der Waals surface area contributed by atoms with Crippen LogP contribution in [0.2, 0.25) is 0 Å². The maximum absolute atomic E-state index is 13.2. The molecule has 0 spiro atoms. The van der Waals surface area contributed by atoms with Crippen LogP contribution < -0.4 is 10.6 Å². The molecule has 0 saturated carbocycles. The van der Waals surface area contributed by atoms with Crippen molar-refractivity contribution in [3.63, 3.8) is 0 Å². The van der Waals surface area contributed by atoms with E-state index in [1.54, 1.807) is 6.07 Å². The molecule has 1 saturated heterocycles. The van der Waals surface area contributed by atoms with Gasteiger partial charge in [-0.1, -0.05) is 0 Å². The Kier molecular flexibility index (Phi) is 3.01. The summed E-state index contributed by atoms with van der Waals surface area (Å²) in [5.41, 5.74) is 7.26. The lowest BCUT2D eigenvalue weighted by atomic mass is 10.1. The van der Waals surface area contributed by atoms with E-state index in [1.165, 1.54) is 12.1 Å². The number of nitrogens with zero attached hydrogens (tertiary/aromatic N) is 1. The molecule has 0 radical (unpaired) electrons. The van der Waals surface area contributed by atoms with Crippen LogP contribution in [0.1, 0.15) is 13.8 Å². The van der Waals surface area contributed by atoms with Crippen LogP contribution in [-0.4, -0.2) is 25.3 Å². The van der Waals surface area contributed by atoms with Crippen molar-refractivity contribution in [2.75, 3.05) is 23.8 Å². The molecule has 0 amide bonds. The lowest BCUT2D eigenvalue weighted by Crippen LogP contribution is -2.47. The minimum atomic E-state index is -0.254. The van der Waals surface area contributed by atoms with E-state index in [0.29, 0.717) is 12.3 Å². The summed E-state index contributed by atoms with van der Waals surface area (Å²) in [6.07, 6.45) is 0.152. The Hall–Kier alpha value is -1.29. The van der Waals surface area contributed by atoms with E-state index in [9.17, 15) is 4.39 Å². The van der Waals surface area contributed by atoms with Crippen LogP contribution in [0.4, 0.5) is 15.8 Å². The average Bonchev–Trinajstić information content (AvgIpc) is 2.25. The molecule has 0 aromatic heterocycles. The van der Waals surface area contributed by atoms with Crippen LogP contribution in [0.3, 0.4) is 0 Å². The molecule has 3 nitrogen and oxygen atoms in total. The molecule has 0 aliphatic carbocycles. The number of nitrogen functional groups attached to an aromatic ring is 1. The van der Waals surface area contributed by atoms with Crippen molar-refractivity contribution < 1.29 is 9.13 Å². The summed E-state index contributed by atoms with van der Waals surface area (Å²) in [5.74, 6) is -0.254. The molecule has 0 bridgehead atoms. The predicted octanol–water partition coefficient (Wildman–Crippen LogP) is 2.02. The van der Waals surface area contributed by atoms with E-state index in [4.69, 9.17) is 10.5 Å². The quantitative estimate of drug-likeness (QED) is 0.742. The highest BCUT2D eigenvalue weighted by molar-refractivity contribution is 5.68. The minimum absolute atomic E-state index is 0.152. The van der Waals surface area contributed by atoms with E-state index in [1.807, 2.05) is 6.92 Å². The summed E-state index contributed by atoms with van der Waals surface area (Å²) in [6, 6.07) is 4.70. The fourth-order valence-electron chi connectivity index (χ4n) is 2.00. The number of benzene rings is 1. The van der Waals surface area contributed by atoms with E-state index >= 15 is 0 Å². The topological polar surface area (TPSA) is 38.5 Å². The van der Waals surface area contributed by atoms with E-state index in [0.717, 1.165) is 12.2 Å². The first kappa shape index (κ1) is 11.2. The van der Waals surface area contributed by atoms with Crippen molar-refractivity contribution >= 4 is 11.4 Å². The van der Waals surface area contributed by atoms with Gasteiger partial charge in [0.2, 0.25) is 0 Å². The molecule has 2 atom stereocenters. The highest BCUT2D eigenvalue weighted by Crippen LogP contribution is 2.28. The maximum Gasteiger partial charge on any atom is 0.125 e. The second-order valence-electron chi connectivity index (χ2n) is 4.35. The smallest absolute Gasteiger partial charge is 0.125 e. The van der Waals surface area contributed by atoms with E-state index in [2.05, 4.69) is 11.8 Å².